The van der Waals surface area contributed by atoms with Crippen LogP contribution in [0.1, 0.15) is 50.0 Å². The molecule has 3 aliphatic heterocycles. The van der Waals surface area contributed by atoms with Crippen LogP contribution in [0.25, 0.3) is 0 Å². The molecule has 8 heteroatoms. The summed E-state index contributed by atoms with van der Waals surface area (Å²) in [4.78, 5) is 25.0. The molecule has 3 N–H and O–H groups in total. The monoisotopic (exact) mass is 444 g/mol. The van der Waals surface area contributed by atoms with Crippen LogP contribution in [0.4, 0.5) is 5.69 Å². The van der Waals surface area contributed by atoms with Crippen LogP contribution >= 0.6 is 0 Å². The van der Waals surface area contributed by atoms with Crippen molar-refractivity contribution in [1.82, 2.24) is 5.32 Å². The van der Waals surface area contributed by atoms with Gasteiger partial charge >= 0.3 is 0 Å². The highest BCUT2D eigenvalue weighted by molar-refractivity contribution is 5.92. The average Bonchev–Trinajstić information content (AvgIpc) is 3.58. The fraction of sp³-hybridized carbons (Fsp3) is 0.667. The molecule has 8 nitrogen and oxygen atoms in total. The molecule has 3 fully saturated rings. The lowest BCUT2D eigenvalue weighted by Gasteiger charge is -2.37. The third-order valence-corrected chi connectivity index (χ3v) is 7.06. The number of hydrogen-bond donors (Lipinski definition) is 3. The van der Waals surface area contributed by atoms with Gasteiger partial charge < -0.3 is 30.0 Å². The zero-order chi connectivity index (χ0) is 22.1. The van der Waals surface area contributed by atoms with Gasteiger partial charge in [-0.2, -0.15) is 0 Å². The number of amides is 2. The number of benzene rings is 1. The Hall–Kier alpha value is -2.16. The Kier molecular flexibility index (Phi) is 6.35. The van der Waals surface area contributed by atoms with Crippen LogP contribution in [-0.2, 0) is 19.1 Å². The summed E-state index contributed by atoms with van der Waals surface area (Å²) in [6, 6.07) is 5.70. The van der Waals surface area contributed by atoms with E-state index in [1.165, 1.54) is 12.8 Å². The van der Waals surface area contributed by atoms with Crippen molar-refractivity contribution < 1.29 is 28.9 Å². The molecule has 0 radical (unpaired) electrons. The van der Waals surface area contributed by atoms with Crippen molar-refractivity contribution in [2.45, 2.75) is 62.8 Å². The molecule has 1 aromatic carbocycles. The second kappa shape index (κ2) is 9.37. The lowest BCUT2D eigenvalue weighted by Crippen LogP contribution is -2.47. The molecule has 5 rings (SSSR count). The van der Waals surface area contributed by atoms with Crippen molar-refractivity contribution >= 4 is 17.5 Å². The van der Waals surface area contributed by atoms with Gasteiger partial charge in [0.15, 0.2) is 0 Å². The van der Waals surface area contributed by atoms with E-state index in [9.17, 15) is 14.7 Å². The van der Waals surface area contributed by atoms with Crippen LogP contribution < -0.4 is 15.4 Å². The van der Waals surface area contributed by atoms with Crippen LogP contribution in [0, 0.1) is 11.8 Å². The Morgan fingerprint density at radius 2 is 1.94 bits per heavy atom. The minimum atomic E-state index is -0.484. The maximum Gasteiger partial charge on any atom is 0.227 e. The van der Waals surface area contributed by atoms with E-state index in [0.29, 0.717) is 25.6 Å². The van der Waals surface area contributed by atoms with Gasteiger partial charge in [-0.1, -0.05) is 0 Å². The fourth-order valence-electron chi connectivity index (χ4n) is 5.03. The Bertz CT molecular complexity index is 851. The molecule has 4 atom stereocenters. The van der Waals surface area contributed by atoms with Crippen molar-refractivity contribution in [3.05, 3.63) is 23.8 Å². The lowest BCUT2D eigenvalue weighted by molar-refractivity contribution is -0.142. The Balaban J connectivity index is 1.26. The molecule has 1 aromatic rings. The summed E-state index contributed by atoms with van der Waals surface area (Å²) in [5.74, 6) is 1.39. The zero-order valence-corrected chi connectivity index (χ0v) is 18.3. The smallest absolute Gasteiger partial charge is 0.227 e. The van der Waals surface area contributed by atoms with Gasteiger partial charge in [-0.25, -0.2) is 0 Å². The normalized spacial score (nSPS) is 29.5. The van der Waals surface area contributed by atoms with Crippen LogP contribution in [0.15, 0.2) is 18.2 Å². The maximum atomic E-state index is 12.6. The highest BCUT2D eigenvalue weighted by Crippen LogP contribution is 2.47. The molecular formula is C24H32N2O6. The quantitative estimate of drug-likeness (QED) is 0.594. The molecule has 0 aromatic heterocycles. The minimum Gasteiger partial charge on any atom is -0.487 e. The van der Waals surface area contributed by atoms with E-state index in [1.54, 1.807) is 0 Å². The van der Waals surface area contributed by atoms with Gasteiger partial charge in [0, 0.05) is 42.8 Å². The number of carbonyl (C=O) groups excluding carboxylic acids is 2. The van der Waals surface area contributed by atoms with Crippen molar-refractivity contribution in [2.24, 2.45) is 11.8 Å². The van der Waals surface area contributed by atoms with Crippen LogP contribution in [-0.4, -0.2) is 61.6 Å². The standard InChI is InChI=1S/C24H32N2O6/c27-13-21-23-19(10-17(31-21)11-22(28)25-12-14-1-2-14)18-9-16(3-4-20(18)32-23)26-24(29)15-5-7-30-8-6-15/h3-4,9,14-15,17,19,21,23,27H,1-2,5-8,10-13H2,(H,25,28)(H,26,29)/t17-,19+,21+,23-/m0/s1. The van der Waals surface area contributed by atoms with E-state index in [2.05, 4.69) is 10.6 Å². The largest absolute Gasteiger partial charge is 0.487 e. The first-order valence-corrected chi connectivity index (χ1v) is 11.8. The van der Waals surface area contributed by atoms with E-state index in [0.717, 1.165) is 36.4 Å². The topological polar surface area (TPSA) is 106 Å². The summed E-state index contributed by atoms with van der Waals surface area (Å²) in [6.45, 7) is 1.82. The number of ether oxygens (including phenoxy) is 3. The Morgan fingerprint density at radius 1 is 1.12 bits per heavy atom. The van der Waals surface area contributed by atoms with E-state index in [4.69, 9.17) is 14.2 Å². The fourth-order valence-corrected chi connectivity index (χ4v) is 5.03. The molecule has 2 amide bonds. The highest BCUT2D eigenvalue weighted by Gasteiger charge is 2.46. The molecule has 0 unspecified atom stereocenters. The van der Waals surface area contributed by atoms with E-state index >= 15 is 0 Å². The van der Waals surface area contributed by atoms with Crippen molar-refractivity contribution in [2.75, 3.05) is 31.7 Å². The van der Waals surface area contributed by atoms with Gasteiger partial charge in [-0.15, -0.1) is 0 Å². The molecule has 0 spiro atoms. The van der Waals surface area contributed by atoms with Crippen LogP contribution in [0.3, 0.4) is 0 Å². The molecule has 1 aliphatic carbocycles. The number of hydrogen-bond acceptors (Lipinski definition) is 6. The number of carbonyl (C=O) groups is 2. The number of nitrogens with one attached hydrogen (secondary N) is 2. The predicted octanol–water partition coefficient (Wildman–Crippen LogP) is 1.96. The van der Waals surface area contributed by atoms with E-state index < -0.39 is 6.10 Å². The molecule has 2 saturated heterocycles. The Labute approximate surface area is 188 Å². The molecule has 174 valence electrons. The molecular weight excluding hydrogens is 412 g/mol. The number of fused-ring (bicyclic) bond motifs is 3. The van der Waals surface area contributed by atoms with Crippen LogP contribution in [0.2, 0.25) is 0 Å². The molecule has 32 heavy (non-hydrogen) atoms. The third kappa shape index (κ3) is 4.77. The summed E-state index contributed by atoms with van der Waals surface area (Å²) in [6.07, 6.45) is 3.74. The molecule has 0 bridgehead atoms. The van der Waals surface area contributed by atoms with Crippen molar-refractivity contribution in [3.63, 3.8) is 0 Å². The molecule has 1 saturated carbocycles. The van der Waals surface area contributed by atoms with Crippen LogP contribution in [0.5, 0.6) is 5.75 Å². The number of aliphatic hydroxyl groups excluding tert-OH is 1. The molecule has 3 heterocycles. The second-order valence-electron chi connectivity index (χ2n) is 9.48. The van der Waals surface area contributed by atoms with E-state index in [1.807, 2.05) is 18.2 Å². The number of rotatable bonds is 7. The first-order valence-electron chi connectivity index (χ1n) is 11.8. The SMILES string of the molecule is O=C(C[C@@H]1C[C@@H]2c3cc(NC(=O)C4CCOCC4)ccc3O[C@@H]2[C@@H](CO)O1)NCC1CC1. The summed E-state index contributed by atoms with van der Waals surface area (Å²) >= 11 is 0. The lowest BCUT2D eigenvalue weighted by atomic mass is 9.84. The van der Waals surface area contributed by atoms with Gasteiger partial charge in [-0.05, 0) is 56.2 Å². The van der Waals surface area contributed by atoms with Gasteiger partial charge in [0.05, 0.1) is 19.1 Å². The summed E-state index contributed by atoms with van der Waals surface area (Å²) < 4.78 is 17.5. The predicted molar refractivity (Wildman–Crippen MR) is 116 cm³/mol. The zero-order valence-electron chi connectivity index (χ0n) is 18.3. The summed E-state index contributed by atoms with van der Waals surface area (Å²) in [5.41, 5.74) is 1.75. The van der Waals surface area contributed by atoms with E-state index in [-0.39, 0.29) is 48.9 Å². The highest BCUT2D eigenvalue weighted by atomic mass is 16.6. The van der Waals surface area contributed by atoms with Gasteiger partial charge in [0.25, 0.3) is 0 Å². The first-order chi connectivity index (χ1) is 15.6. The maximum absolute atomic E-state index is 12.6. The first kappa shape index (κ1) is 21.7. The number of anilines is 1. The summed E-state index contributed by atoms with van der Waals surface area (Å²) in [5, 5.41) is 15.9. The van der Waals surface area contributed by atoms with Crippen molar-refractivity contribution in [1.29, 1.82) is 0 Å². The molecule has 4 aliphatic rings. The number of aliphatic hydroxyl groups is 1. The van der Waals surface area contributed by atoms with Gasteiger partial charge in [-0.3, -0.25) is 9.59 Å². The van der Waals surface area contributed by atoms with Gasteiger partial charge in [0.1, 0.15) is 18.0 Å². The minimum absolute atomic E-state index is 0.00588. The van der Waals surface area contributed by atoms with Gasteiger partial charge in [0.2, 0.25) is 11.8 Å². The average molecular weight is 445 g/mol. The van der Waals surface area contributed by atoms with Crippen molar-refractivity contribution in [3.8, 4) is 5.75 Å². The summed E-state index contributed by atoms with van der Waals surface area (Å²) in [7, 11) is 0. The second-order valence-corrected chi connectivity index (χ2v) is 9.48. The third-order valence-electron chi connectivity index (χ3n) is 7.06. The Morgan fingerprint density at radius 3 is 2.69 bits per heavy atom.